The molecule has 1 unspecified atom stereocenters. The van der Waals surface area contributed by atoms with Crippen molar-refractivity contribution in [1.29, 1.82) is 0 Å². The summed E-state index contributed by atoms with van der Waals surface area (Å²) in [4.78, 5) is 5.42. The Labute approximate surface area is 90.9 Å². The minimum Gasteiger partial charge on any atom is -0.320 e. The molecule has 0 amide bonds. The van der Waals surface area contributed by atoms with Gasteiger partial charge in [-0.15, -0.1) is 0 Å². The number of azide groups is 1. The molecule has 1 atom stereocenters. The summed E-state index contributed by atoms with van der Waals surface area (Å²) in [5.41, 5.74) is 8.35. The quantitative estimate of drug-likeness (QED) is 0.298. The highest BCUT2D eigenvalue weighted by Crippen LogP contribution is 2.20. The molecule has 0 radical (unpaired) electrons. The number of rotatable bonds is 4. The van der Waals surface area contributed by atoms with Gasteiger partial charge in [-0.2, -0.15) is 0 Å². The van der Waals surface area contributed by atoms with Gasteiger partial charge in [0.05, 0.1) is 26.2 Å². The molecule has 0 aromatic rings. The third-order valence-corrected chi connectivity index (χ3v) is 3.94. The molecule has 5 heteroatoms. The molecule has 0 spiro atoms. The molecule has 3 fully saturated rings. The van der Waals surface area contributed by atoms with Crippen LogP contribution in [0, 0.1) is 0 Å². The molecule has 0 N–H and O–H groups in total. The summed E-state index contributed by atoms with van der Waals surface area (Å²) >= 11 is 0. The lowest BCUT2D eigenvalue weighted by Crippen LogP contribution is -2.67. The van der Waals surface area contributed by atoms with Crippen LogP contribution in [0.3, 0.4) is 0 Å². The maximum atomic E-state index is 8.35. The Balaban J connectivity index is 1.84. The molecule has 84 valence electrons. The zero-order valence-corrected chi connectivity index (χ0v) is 9.47. The predicted molar refractivity (Wildman–Crippen MR) is 59.4 cm³/mol. The number of quaternary nitrogens is 1. The monoisotopic (exact) mass is 210 g/mol. The van der Waals surface area contributed by atoms with Gasteiger partial charge in [-0.3, -0.25) is 4.90 Å². The van der Waals surface area contributed by atoms with Crippen molar-refractivity contribution in [3.05, 3.63) is 10.4 Å². The molecule has 3 heterocycles. The smallest absolute Gasteiger partial charge is 0.0916 e. The van der Waals surface area contributed by atoms with Crippen molar-refractivity contribution in [1.82, 2.24) is 4.90 Å². The molecule has 2 bridgehead atoms. The van der Waals surface area contributed by atoms with E-state index in [1.807, 2.05) is 6.92 Å². The van der Waals surface area contributed by atoms with E-state index in [0.29, 0.717) is 0 Å². The topological polar surface area (TPSA) is 52.0 Å². The van der Waals surface area contributed by atoms with Crippen molar-refractivity contribution in [2.75, 3.05) is 45.8 Å². The van der Waals surface area contributed by atoms with Crippen LogP contribution in [0.2, 0.25) is 0 Å². The van der Waals surface area contributed by atoms with Crippen LogP contribution in [-0.2, 0) is 0 Å². The number of hydrogen-bond donors (Lipinski definition) is 0. The summed E-state index contributed by atoms with van der Waals surface area (Å²) in [5.74, 6) is 0. The highest BCUT2D eigenvalue weighted by molar-refractivity contribution is 4.72. The molecule has 3 aliphatic rings. The second-order valence-electron chi connectivity index (χ2n) is 4.92. The molecule has 0 aromatic carbocycles. The van der Waals surface area contributed by atoms with Gasteiger partial charge in [0.25, 0.3) is 0 Å². The van der Waals surface area contributed by atoms with Gasteiger partial charge in [0, 0.05) is 37.0 Å². The van der Waals surface area contributed by atoms with Crippen molar-refractivity contribution in [2.45, 2.75) is 19.4 Å². The molecule has 0 aromatic heterocycles. The van der Waals surface area contributed by atoms with Crippen LogP contribution in [0.15, 0.2) is 5.11 Å². The third-order valence-electron chi connectivity index (χ3n) is 3.94. The Morgan fingerprint density at radius 3 is 2.47 bits per heavy atom. The van der Waals surface area contributed by atoms with Crippen LogP contribution in [0.25, 0.3) is 10.4 Å². The molecular formula is C10H20N5+. The number of nitrogens with zero attached hydrogens (tertiary/aromatic N) is 5. The van der Waals surface area contributed by atoms with Crippen LogP contribution >= 0.6 is 0 Å². The molecule has 5 nitrogen and oxygen atoms in total. The van der Waals surface area contributed by atoms with Gasteiger partial charge in [-0.05, 0) is 5.53 Å². The van der Waals surface area contributed by atoms with E-state index in [4.69, 9.17) is 5.53 Å². The lowest BCUT2D eigenvalue weighted by atomic mass is 10.1. The van der Waals surface area contributed by atoms with Crippen LogP contribution in [0.4, 0.5) is 0 Å². The summed E-state index contributed by atoms with van der Waals surface area (Å²) < 4.78 is 1.27. The molecule has 15 heavy (non-hydrogen) atoms. The van der Waals surface area contributed by atoms with Crippen molar-refractivity contribution in [2.24, 2.45) is 5.11 Å². The summed E-state index contributed by atoms with van der Waals surface area (Å²) in [7, 11) is 0. The third kappa shape index (κ3) is 2.43. The Morgan fingerprint density at radius 1 is 1.33 bits per heavy atom. The SMILES string of the molecule is CC(CC[N+]12CCN(CC1)CC2)N=[N+]=[N-]. The first kappa shape index (κ1) is 10.7. The van der Waals surface area contributed by atoms with Gasteiger partial charge < -0.3 is 4.48 Å². The Hall–Kier alpha value is -0.770. The lowest BCUT2D eigenvalue weighted by Gasteiger charge is -2.50. The minimum absolute atomic E-state index is 0.155. The summed E-state index contributed by atoms with van der Waals surface area (Å²) in [6.07, 6.45) is 1.03. The minimum atomic E-state index is 0.155. The van der Waals surface area contributed by atoms with Gasteiger partial charge in [-0.1, -0.05) is 12.0 Å². The van der Waals surface area contributed by atoms with E-state index in [2.05, 4.69) is 14.9 Å². The van der Waals surface area contributed by atoms with E-state index >= 15 is 0 Å². The van der Waals surface area contributed by atoms with Gasteiger partial charge in [-0.25, -0.2) is 0 Å². The normalized spacial score (nSPS) is 35.9. The Bertz CT molecular complexity index is 249. The maximum Gasteiger partial charge on any atom is 0.0916 e. The molecular weight excluding hydrogens is 190 g/mol. The van der Waals surface area contributed by atoms with Crippen LogP contribution in [-0.4, -0.2) is 61.2 Å². The van der Waals surface area contributed by atoms with E-state index in [-0.39, 0.29) is 6.04 Å². The van der Waals surface area contributed by atoms with E-state index in [0.717, 1.165) is 6.42 Å². The lowest BCUT2D eigenvalue weighted by molar-refractivity contribution is -0.941. The van der Waals surface area contributed by atoms with Crippen molar-refractivity contribution >= 4 is 0 Å². The van der Waals surface area contributed by atoms with Crippen molar-refractivity contribution in [3.63, 3.8) is 0 Å². The van der Waals surface area contributed by atoms with Gasteiger partial charge in [0.2, 0.25) is 0 Å². The summed E-state index contributed by atoms with van der Waals surface area (Å²) in [5, 5.41) is 3.75. The van der Waals surface area contributed by atoms with Crippen LogP contribution in [0.5, 0.6) is 0 Å². The van der Waals surface area contributed by atoms with Crippen molar-refractivity contribution in [3.8, 4) is 0 Å². The molecule has 3 saturated heterocycles. The standard InChI is InChI=1S/C10H20N5/c1-10(12-13-11)2-6-15-7-3-14(4-8-15)5-9-15/h10H,2-9H2,1H3/q+1. The summed E-state index contributed by atoms with van der Waals surface area (Å²) in [6, 6.07) is 0.155. The van der Waals surface area contributed by atoms with Crippen LogP contribution < -0.4 is 0 Å². The zero-order chi connectivity index (χ0) is 10.7. The van der Waals surface area contributed by atoms with Gasteiger partial charge in [0.1, 0.15) is 0 Å². The first-order chi connectivity index (χ1) is 7.24. The first-order valence-corrected chi connectivity index (χ1v) is 5.86. The molecule has 3 rings (SSSR count). The van der Waals surface area contributed by atoms with Gasteiger partial charge in [0.15, 0.2) is 0 Å². The second-order valence-corrected chi connectivity index (χ2v) is 4.92. The van der Waals surface area contributed by atoms with Crippen molar-refractivity contribution < 1.29 is 4.48 Å². The number of hydrogen-bond acceptors (Lipinski definition) is 2. The average Bonchev–Trinajstić information content (AvgIpc) is 2.30. The number of fused-ring (bicyclic) bond motifs is 3. The van der Waals surface area contributed by atoms with E-state index in [1.165, 1.54) is 50.3 Å². The Morgan fingerprint density at radius 2 is 1.93 bits per heavy atom. The van der Waals surface area contributed by atoms with Crippen LogP contribution in [0.1, 0.15) is 13.3 Å². The average molecular weight is 210 g/mol. The molecule has 0 saturated carbocycles. The highest BCUT2D eigenvalue weighted by Gasteiger charge is 2.37. The first-order valence-electron chi connectivity index (χ1n) is 5.86. The predicted octanol–water partition coefficient (Wildman–Crippen LogP) is 1.22. The number of piperazine rings is 3. The molecule has 0 aliphatic carbocycles. The fourth-order valence-corrected chi connectivity index (χ4v) is 2.67. The largest absolute Gasteiger partial charge is 0.320 e. The van der Waals surface area contributed by atoms with E-state index in [9.17, 15) is 0 Å². The fraction of sp³-hybridized carbons (Fsp3) is 1.00. The summed E-state index contributed by atoms with van der Waals surface area (Å²) in [6.45, 7) is 10.9. The second kappa shape index (κ2) is 4.39. The van der Waals surface area contributed by atoms with Gasteiger partial charge >= 0.3 is 0 Å². The van der Waals surface area contributed by atoms with E-state index in [1.54, 1.807) is 0 Å². The highest BCUT2D eigenvalue weighted by atomic mass is 15.4. The fourth-order valence-electron chi connectivity index (χ4n) is 2.67. The maximum absolute atomic E-state index is 8.35. The Kier molecular flexibility index (Phi) is 3.14. The molecule has 3 aliphatic heterocycles. The van der Waals surface area contributed by atoms with E-state index < -0.39 is 0 Å². The zero-order valence-electron chi connectivity index (χ0n) is 9.47.